The Hall–Kier alpha value is -2.58. The van der Waals surface area contributed by atoms with Gasteiger partial charge in [0.25, 0.3) is 5.82 Å². The molecule has 1 atom stereocenters. The van der Waals surface area contributed by atoms with Crippen LogP contribution in [0, 0.1) is 11.3 Å². The van der Waals surface area contributed by atoms with Gasteiger partial charge in [-0.25, -0.2) is 4.98 Å². The number of anilines is 1. The Kier molecular flexibility index (Phi) is 5.34. The Labute approximate surface area is 130 Å². The molecule has 0 spiro atoms. The first-order valence-corrected chi connectivity index (χ1v) is 7.20. The molecule has 1 aromatic heterocycles. The first kappa shape index (κ1) is 15.8. The second-order valence-corrected chi connectivity index (χ2v) is 4.93. The van der Waals surface area contributed by atoms with Crippen LogP contribution in [0.15, 0.2) is 36.4 Å². The van der Waals surface area contributed by atoms with Gasteiger partial charge in [0.1, 0.15) is 29.1 Å². The first-order chi connectivity index (χ1) is 10.7. The van der Waals surface area contributed by atoms with Crippen LogP contribution < -0.4 is 15.0 Å². The minimum Gasteiger partial charge on any atom is -0.497 e. The molecule has 114 valence electrons. The molecule has 0 saturated carbocycles. The highest BCUT2D eigenvalue weighted by Gasteiger charge is 2.17. The summed E-state index contributed by atoms with van der Waals surface area (Å²) >= 11 is 0. The summed E-state index contributed by atoms with van der Waals surface area (Å²) in [6.07, 6.45) is 0.766. The standard InChI is InChI=1S/C17H19N3O2/c1-3-14(11-21)19-17-13(10-18)6-9-16(20-17)12-4-7-15(22-2)8-5-12/h4-9,14,21H,3,11H2,1-2H3,(H,19,20)/p+1/t14-/m1/s1. The first-order valence-electron chi connectivity index (χ1n) is 7.20. The number of H-pyrrole nitrogens is 1. The monoisotopic (exact) mass is 298 g/mol. The van der Waals surface area contributed by atoms with E-state index < -0.39 is 0 Å². The number of ether oxygens (including phenoxy) is 1. The zero-order valence-electron chi connectivity index (χ0n) is 12.8. The van der Waals surface area contributed by atoms with E-state index in [4.69, 9.17) is 4.74 Å². The minimum atomic E-state index is -0.0885. The lowest BCUT2D eigenvalue weighted by atomic mass is 10.1. The summed E-state index contributed by atoms with van der Waals surface area (Å²) in [6, 6.07) is 13.4. The largest absolute Gasteiger partial charge is 0.497 e. The molecule has 1 heterocycles. The average Bonchev–Trinajstić information content (AvgIpc) is 2.59. The summed E-state index contributed by atoms with van der Waals surface area (Å²) in [7, 11) is 1.63. The Morgan fingerprint density at radius 2 is 2.00 bits per heavy atom. The summed E-state index contributed by atoms with van der Waals surface area (Å²) in [5, 5.41) is 21.7. The number of aliphatic hydroxyl groups excluding tert-OH is 1. The van der Waals surface area contributed by atoms with Gasteiger partial charge >= 0.3 is 0 Å². The van der Waals surface area contributed by atoms with E-state index in [0.717, 1.165) is 23.4 Å². The number of benzene rings is 1. The van der Waals surface area contributed by atoms with E-state index in [1.54, 1.807) is 13.2 Å². The highest BCUT2D eigenvalue weighted by atomic mass is 16.5. The van der Waals surface area contributed by atoms with Crippen LogP contribution in [0.1, 0.15) is 18.9 Å². The molecular formula is C17H20N3O2+. The van der Waals surface area contributed by atoms with Crippen molar-refractivity contribution in [2.75, 3.05) is 19.0 Å². The highest BCUT2D eigenvalue weighted by Crippen LogP contribution is 2.21. The van der Waals surface area contributed by atoms with Crippen LogP contribution in [0.3, 0.4) is 0 Å². The second kappa shape index (κ2) is 7.43. The number of aliphatic hydroxyl groups is 1. The van der Waals surface area contributed by atoms with Crippen molar-refractivity contribution < 1.29 is 14.8 Å². The van der Waals surface area contributed by atoms with Crippen molar-refractivity contribution in [1.82, 2.24) is 0 Å². The lowest BCUT2D eigenvalue weighted by Gasteiger charge is -2.10. The third-order valence-electron chi connectivity index (χ3n) is 3.53. The number of nitrogens with one attached hydrogen (secondary N) is 2. The van der Waals surface area contributed by atoms with Crippen molar-refractivity contribution in [1.29, 1.82) is 5.26 Å². The number of aromatic amines is 1. The molecule has 0 aliphatic rings. The van der Waals surface area contributed by atoms with Crippen molar-refractivity contribution in [3.63, 3.8) is 0 Å². The zero-order valence-corrected chi connectivity index (χ0v) is 12.8. The fourth-order valence-electron chi connectivity index (χ4n) is 2.12. The molecule has 0 bridgehead atoms. The van der Waals surface area contributed by atoms with Crippen LogP contribution in [0.4, 0.5) is 5.82 Å². The van der Waals surface area contributed by atoms with Crippen LogP contribution in [0.25, 0.3) is 11.3 Å². The predicted octanol–water partition coefficient (Wildman–Crippen LogP) is 2.23. The number of methoxy groups -OCH3 is 1. The third-order valence-corrected chi connectivity index (χ3v) is 3.53. The molecular weight excluding hydrogens is 278 g/mol. The summed E-state index contributed by atoms with van der Waals surface area (Å²) in [6.45, 7) is 2.00. The van der Waals surface area contributed by atoms with Gasteiger partial charge in [0.2, 0.25) is 0 Å². The summed E-state index contributed by atoms with van der Waals surface area (Å²) in [5.41, 5.74) is 2.39. The Morgan fingerprint density at radius 1 is 1.27 bits per heavy atom. The van der Waals surface area contributed by atoms with Crippen LogP contribution in [0.5, 0.6) is 5.75 Å². The molecule has 0 aliphatic heterocycles. The Balaban J connectivity index is 2.35. The number of rotatable bonds is 6. The van der Waals surface area contributed by atoms with E-state index >= 15 is 0 Å². The van der Waals surface area contributed by atoms with Crippen LogP contribution in [-0.2, 0) is 0 Å². The fraction of sp³-hybridized carbons (Fsp3) is 0.294. The SMILES string of the molecule is CC[C@H](CO)Nc1[nH+]c(-c2ccc(OC)cc2)ccc1C#N. The van der Waals surface area contributed by atoms with E-state index in [9.17, 15) is 10.4 Å². The normalized spacial score (nSPS) is 11.5. The fourth-order valence-corrected chi connectivity index (χ4v) is 2.12. The maximum absolute atomic E-state index is 9.32. The molecule has 0 fully saturated rings. The van der Waals surface area contributed by atoms with Gasteiger partial charge in [-0.05, 0) is 42.8 Å². The molecule has 0 saturated heterocycles. The third kappa shape index (κ3) is 3.54. The number of pyridine rings is 1. The number of nitrogens with zero attached hydrogens (tertiary/aromatic N) is 1. The molecule has 0 unspecified atom stereocenters. The predicted molar refractivity (Wildman–Crippen MR) is 84.5 cm³/mol. The van der Waals surface area contributed by atoms with E-state index in [1.807, 2.05) is 37.3 Å². The molecule has 5 nitrogen and oxygen atoms in total. The smallest absolute Gasteiger partial charge is 0.291 e. The summed E-state index contributed by atoms with van der Waals surface area (Å²) in [5.74, 6) is 1.42. The molecule has 0 radical (unpaired) electrons. The van der Waals surface area contributed by atoms with Crippen molar-refractivity contribution in [3.05, 3.63) is 42.0 Å². The zero-order chi connectivity index (χ0) is 15.9. The molecule has 22 heavy (non-hydrogen) atoms. The molecule has 2 aromatic rings. The minimum absolute atomic E-state index is 0.0158. The molecule has 1 aromatic carbocycles. The van der Waals surface area contributed by atoms with Gasteiger partial charge in [0.05, 0.1) is 13.7 Å². The Morgan fingerprint density at radius 3 is 2.55 bits per heavy atom. The maximum Gasteiger partial charge on any atom is 0.291 e. The van der Waals surface area contributed by atoms with E-state index in [2.05, 4.69) is 16.4 Å². The van der Waals surface area contributed by atoms with Gasteiger partial charge in [0.15, 0.2) is 0 Å². The quantitative estimate of drug-likeness (QED) is 0.857. The summed E-state index contributed by atoms with van der Waals surface area (Å²) < 4.78 is 5.15. The number of hydrogen-bond acceptors (Lipinski definition) is 4. The van der Waals surface area contributed by atoms with Crippen LogP contribution in [-0.4, -0.2) is 24.9 Å². The molecule has 0 aliphatic carbocycles. The number of nitriles is 1. The van der Waals surface area contributed by atoms with Crippen LogP contribution in [0.2, 0.25) is 0 Å². The van der Waals surface area contributed by atoms with Gasteiger partial charge in [-0.3, -0.25) is 5.32 Å². The molecule has 3 N–H and O–H groups in total. The topological polar surface area (TPSA) is 79.4 Å². The maximum atomic E-state index is 9.32. The van der Waals surface area contributed by atoms with Crippen molar-refractivity contribution in [2.24, 2.45) is 0 Å². The van der Waals surface area contributed by atoms with E-state index in [0.29, 0.717) is 11.4 Å². The lowest BCUT2D eigenvalue weighted by molar-refractivity contribution is -0.348. The van der Waals surface area contributed by atoms with Crippen molar-refractivity contribution in [3.8, 4) is 23.1 Å². The van der Waals surface area contributed by atoms with E-state index in [-0.39, 0.29) is 12.6 Å². The molecule has 0 amide bonds. The van der Waals surface area contributed by atoms with Gasteiger partial charge < -0.3 is 9.84 Å². The second-order valence-electron chi connectivity index (χ2n) is 4.93. The Bertz CT molecular complexity index is 659. The van der Waals surface area contributed by atoms with Gasteiger partial charge in [-0.15, -0.1) is 0 Å². The van der Waals surface area contributed by atoms with Crippen molar-refractivity contribution >= 4 is 5.82 Å². The van der Waals surface area contributed by atoms with E-state index in [1.165, 1.54) is 0 Å². The average molecular weight is 298 g/mol. The lowest BCUT2D eigenvalue weighted by Crippen LogP contribution is -2.28. The number of aromatic nitrogens is 1. The van der Waals surface area contributed by atoms with Crippen LogP contribution >= 0.6 is 0 Å². The van der Waals surface area contributed by atoms with Crippen molar-refractivity contribution in [2.45, 2.75) is 19.4 Å². The highest BCUT2D eigenvalue weighted by molar-refractivity contribution is 5.60. The van der Waals surface area contributed by atoms with Gasteiger partial charge in [-0.1, -0.05) is 6.92 Å². The molecule has 2 rings (SSSR count). The van der Waals surface area contributed by atoms with Gasteiger partial charge in [0, 0.05) is 5.56 Å². The summed E-state index contributed by atoms with van der Waals surface area (Å²) in [4.78, 5) is 3.23. The van der Waals surface area contributed by atoms with Gasteiger partial charge in [-0.2, -0.15) is 5.26 Å². The molecule has 5 heteroatoms. The number of hydrogen-bond donors (Lipinski definition) is 2.